The first kappa shape index (κ1) is 19.3. The van der Waals surface area contributed by atoms with E-state index in [-0.39, 0.29) is 18.2 Å². The highest BCUT2D eigenvalue weighted by atomic mass is 32.1. The molecule has 3 heterocycles. The Hall–Kier alpha value is -3.07. The van der Waals surface area contributed by atoms with E-state index in [0.717, 1.165) is 17.7 Å². The third-order valence-corrected chi connectivity index (χ3v) is 5.49. The van der Waals surface area contributed by atoms with Gasteiger partial charge in [0, 0.05) is 30.3 Å². The van der Waals surface area contributed by atoms with Crippen LogP contribution in [-0.2, 0) is 22.6 Å². The third-order valence-electron chi connectivity index (χ3n) is 4.86. The highest BCUT2D eigenvalue weighted by Crippen LogP contribution is 2.20. The first-order valence-corrected chi connectivity index (χ1v) is 10.5. The fraction of sp³-hybridized carbons (Fsp3) is 0.350. The number of nitrogens with one attached hydrogen (secondary N) is 1. The van der Waals surface area contributed by atoms with Crippen LogP contribution in [0.4, 0.5) is 0 Å². The van der Waals surface area contributed by atoms with Crippen LogP contribution in [0.5, 0.6) is 0 Å². The zero-order valence-corrected chi connectivity index (χ0v) is 16.6. The monoisotopic (exact) mass is 411 g/mol. The van der Waals surface area contributed by atoms with Crippen LogP contribution in [0.3, 0.4) is 0 Å². The number of aryl methyl sites for hydroxylation is 1. The maximum Gasteiger partial charge on any atom is 0.243 e. The Balaban J connectivity index is 1.30. The molecule has 8 nitrogen and oxygen atoms in total. The average Bonchev–Trinajstić information content (AvgIpc) is 3.52. The van der Waals surface area contributed by atoms with Crippen molar-refractivity contribution in [2.45, 2.75) is 38.3 Å². The molecule has 1 aromatic carbocycles. The van der Waals surface area contributed by atoms with Gasteiger partial charge in [0.25, 0.3) is 0 Å². The fourth-order valence-electron chi connectivity index (χ4n) is 3.38. The maximum atomic E-state index is 12.7. The number of thiazole rings is 1. The maximum absolute atomic E-state index is 12.7. The van der Waals surface area contributed by atoms with Gasteiger partial charge in [0.1, 0.15) is 6.04 Å². The van der Waals surface area contributed by atoms with Gasteiger partial charge in [0.05, 0.1) is 17.7 Å². The Bertz CT molecular complexity index is 958. The molecule has 0 bridgehead atoms. The summed E-state index contributed by atoms with van der Waals surface area (Å²) >= 11 is 1.49. The number of carbonyl (C=O) groups excluding carboxylic acids is 2. The van der Waals surface area contributed by atoms with Crippen molar-refractivity contribution in [1.29, 1.82) is 0 Å². The van der Waals surface area contributed by atoms with Crippen LogP contribution in [0, 0.1) is 0 Å². The molecule has 0 saturated carbocycles. The summed E-state index contributed by atoms with van der Waals surface area (Å²) in [6.07, 6.45) is 2.07. The molecular formula is C20H21N5O3S. The van der Waals surface area contributed by atoms with Gasteiger partial charge in [-0.1, -0.05) is 35.5 Å². The minimum atomic E-state index is -0.427. The number of rotatable bonds is 7. The van der Waals surface area contributed by atoms with Crippen molar-refractivity contribution in [2.24, 2.45) is 0 Å². The van der Waals surface area contributed by atoms with Gasteiger partial charge < -0.3 is 14.7 Å². The van der Waals surface area contributed by atoms with Gasteiger partial charge >= 0.3 is 0 Å². The minimum absolute atomic E-state index is 0.0734. The van der Waals surface area contributed by atoms with Gasteiger partial charge in [-0.15, -0.1) is 11.3 Å². The molecule has 1 atom stereocenters. The molecule has 1 aliphatic heterocycles. The summed E-state index contributed by atoms with van der Waals surface area (Å²) in [7, 11) is 0. The van der Waals surface area contributed by atoms with Crippen molar-refractivity contribution in [1.82, 2.24) is 25.3 Å². The molecule has 1 unspecified atom stereocenters. The largest absolute Gasteiger partial charge is 0.349 e. The predicted molar refractivity (Wildman–Crippen MR) is 107 cm³/mol. The van der Waals surface area contributed by atoms with Crippen LogP contribution < -0.4 is 5.32 Å². The Morgan fingerprint density at radius 2 is 2.14 bits per heavy atom. The van der Waals surface area contributed by atoms with E-state index in [2.05, 4.69) is 20.4 Å². The lowest BCUT2D eigenvalue weighted by Gasteiger charge is -2.23. The SMILES string of the molecule is O=C(NCc1cscn1)C1CCCN1C(=O)CCc1nc(-c2ccccc2)no1. The molecule has 2 aromatic heterocycles. The van der Waals surface area contributed by atoms with E-state index in [1.54, 1.807) is 10.4 Å². The van der Waals surface area contributed by atoms with Crippen molar-refractivity contribution >= 4 is 23.2 Å². The van der Waals surface area contributed by atoms with Gasteiger partial charge in [-0.2, -0.15) is 4.98 Å². The first-order chi connectivity index (χ1) is 14.2. The van der Waals surface area contributed by atoms with Gasteiger partial charge in [0.15, 0.2) is 0 Å². The number of amides is 2. The fourth-order valence-corrected chi connectivity index (χ4v) is 3.93. The Labute approximate surface area is 172 Å². The van der Waals surface area contributed by atoms with Crippen LogP contribution in [0.15, 0.2) is 45.7 Å². The summed E-state index contributed by atoms with van der Waals surface area (Å²) in [6, 6.07) is 9.10. The number of hydrogen-bond acceptors (Lipinski definition) is 7. The van der Waals surface area contributed by atoms with Crippen molar-refractivity contribution in [3.8, 4) is 11.4 Å². The standard InChI is InChI=1S/C20H21N5O3S/c26-18(9-8-17-23-19(24-28-17)14-5-2-1-3-6-14)25-10-4-7-16(25)20(27)21-11-15-12-29-13-22-15/h1-3,5-6,12-13,16H,4,7-11H2,(H,21,27). The van der Waals surface area contributed by atoms with Crippen LogP contribution in [0.25, 0.3) is 11.4 Å². The molecule has 9 heteroatoms. The van der Waals surface area contributed by atoms with Crippen LogP contribution >= 0.6 is 11.3 Å². The summed E-state index contributed by atoms with van der Waals surface area (Å²) in [5, 5.41) is 8.75. The number of aromatic nitrogens is 3. The smallest absolute Gasteiger partial charge is 0.243 e. The zero-order valence-electron chi connectivity index (χ0n) is 15.8. The summed E-state index contributed by atoms with van der Waals surface area (Å²) in [5.74, 6) is 0.721. The highest BCUT2D eigenvalue weighted by Gasteiger charge is 2.33. The molecule has 29 heavy (non-hydrogen) atoms. The first-order valence-electron chi connectivity index (χ1n) is 9.53. The second kappa shape index (κ2) is 8.95. The van der Waals surface area contributed by atoms with Gasteiger partial charge in [0.2, 0.25) is 23.5 Å². The van der Waals surface area contributed by atoms with Crippen molar-refractivity contribution in [2.75, 3.05) is 6.54 Å². The molecule has 1 N–H and O–H groups in total. The van der Waals surface area contributed by atoms with E-state index in [1.165, 1.54) is 11.3 Å². The number of hydrogen-bond donors (Lipinski definition) is 1. The Kier molecular flexibility index (Phi) is 5.95. The third kappa shape index (κ3) is 4.68. The second-order valence-corrected chi connectivity index (χ2v) is 7.54. The van der Waals surface area contributed by atoms with Gasteiger partial charge in [-0.05, 0) is 12.8 Å². The molecule has 3 aromatic rings. The van der Waals surface area contributed by atoms with E-state index in [1.807, 2.05) is 35.7 Å². The van der Waals surface area contributed by atoms with E-state index in [0.29, 0.717) is 37.6 Å². The molecular weight excluding hydrogens is 390 g/mol. The van der Waals surface area contributed by atoms with Crippen LogP contribution in [-0.4, -0.2) is 44.4 Å². The lowest BCUT2D eigenvalue weighted by Crippen LogP contribution is -2.45. The number of likely N-dealkylation sites (tertiary alicyclic amines) is 1. The molecule has 0 spiro atoms. The normalized spacial score (nSPS) is 16.1. The molecule has 1 aliphatic rings. The topological polar surface area (TPSA) is 101 Å². The number of benzene rings is 1. The van der Waals surface area contributed by atoms with E-state index in [9.17, 15) is 9.59 Å². The van der Waals surface area contributed by atoms with Crippen molar-refractivity contribution < 1.29 is 14.1 Å². The summed E-state index contributed by atoms with van der Waals surface area (Å²) in [6.45, 7) is 0.970. The van der Waals surface area contributed by atoms with Crippen LogP contribution in [0.2, 0.25) is 0 Å². The summed E-state index contributed by atoms with van der Waals surface area (Å²) in [5.41, 5.74) is 3.42. The van der Waals surface area contributed by atoms with Crippen LogP contribution in [0.1, 0.15) is 30.8 Å². The lowest BCUT2D eigenvalue weighted by molar-refractivity contribution is -0.138. The molecule has 4 rings (SSSR count). The summed E-state index contributed by atoms with van der Waals surface area (Å²) < 4.78 is 5.27. The molecule has 2 amide bonds. The molecule has 1 fully saturated rings. The zero-order chi connectivity index (χ0) is 20.1. The molecule has 150 valence electrons. The second-order valence-electron chi connectivity index (χ2n) is 6.82. The quantitative estimate of drug-likeness (QED) is 0.641. The predicted octanol–water partition coefficient (Wildman–Crippen LogP) is 2.43. The van der Waals surface area contributed by atoms with Crippen molar-refractivity contribution in [3.05, 3.63) is 52.8 Å². The van der Waals surface area contributed by atoms with E-state index in [4.69, 9.17) is 4.52 Å². The highest BCUT2D eigenvalue weighted by molar-refractivity contribution is 7.07. The Morgan fingerprint density at radius 1 is 1.28 bits per heavy atom. The molecule has 0 radical (unpaired) electrons. The Morgan fingerprint density at radius 3 is 2.93 bits per heavy atom. The van der Waals surface area contributed by atoms with Gasteiger partial charge in [-0.25, -0.2) is 4.98 Å². The number of carbonyl (C=O) groups is 2. The van der Waals surface area contributed by atoms with E-state index >= 15 is 0 Å². The molecule has 1 saturated heterocycles. The lowest BCUT2D eigenvalue weighted by atomic mass is 10.2. The minimum Gasteiger partial charge on any atom is -0.349 e. The molecule has 0 aliphatic carbocycles. The number of nitrogens with zero attached hydrogens (tertiary/aromatic N) is 4. The average molecular weight is 411 g/mol. The van der Waals surface area contributed by atoms with Crippen molar-refractivity contribution in [3.63, 3.8) is 0 Å². The van der Waals surface area contributed by atoms with E-state index < -0.39 is 6.04 Å². The summed E-state index contributed by atoms with van der Waals surface area (Å²) in [4.78, 5) is 35.4. The van der Waals surface area contributed by atoms with Gasteiger partial charge in [-0.3, -0.25) is 9.59 Å².